The van der Waals surface area contributed by atoms with Crippen LogP contribution in [0, 0.1) is 12.7 Å². The third kappa shape index (κ3) is 2.70. The van der Waals surface area contributed by atoms with Crippen LogP contribution in [0.3, 0.4) is 0 Å². The van der Waals surface area contributed by atoms with Gasteiger partial charge in [0.15, 0.2) is 0 Å². The van der Waals surface area contributed by atoms with Crippen molar-refractivity contribution < 1.29 is 8.81 Å². The van der Waals surface area contributed by atoms with Gasteiger partial charge in [0.1, 0.15) is 11.6 Å². The summed E-state index contributed by atoms with van der Waals surface area (Å²) in [5.41, 5.74) is 6.51. The predicted octanol–water partition coefficient (Wildman–Crippen LogP) is 3.90. The van der Waals surface area contributed by atoms with Crippen LogP contribution in [0.1, 0.15) is 24.3 Å². The van der Waals surface area contributed by atoms with E-state index in [1.165, 1.54) is 17.8 Å². The molecule has 0 fully saturated rings. The average Bonchev–Trinajstić information content (AvgIpc) is 2.67. The minimum atomic E-state index is -0.245. The molecule has 2 rings (SSSR count). The Morgan fingerprint density at radius 3 is 2.59 bits per heavy atom. The summed E-state index contributed by atoms with van der Waals surface area (Å²) < 4.78 is 19.0. The van der Waals surface area contributed by atoms with Crippen molar-refractivity contribution in [1.29, 1.82) is 0 Å². The van der Waals surface area contributed by atoms with Gasteiger partial charge < -0.3 is 10.2 Å². The van der Waals surface area contributed by atoms with E-state index in [0.717, 1.165) is 16.2 Å². The van der Waals surface area contributed by atoms with Gasteiger partial charge in [-0.25, -0.2) is 4.39 Å². The van der Waals surface area contributed by atoms with E-state index >= 15 is 0 Å². The van der Waals surface area contributed by atoms with E-state index in [0.29, 0.717) is 4.90 Å². The van der Waals surface area contributed by atoms with Crippen LogP contribution >= 0.6 is 11.8 Å². The van der Waals surface area contributed by atoms with Gasteiger partial charge in [-0.05, 0) is 37.6 Å². The van der Waals surface area contributed by atoms with Crippen LogP contribution in [0.5, 0.6) is 0 Å². The molecule has 0 amide bonds. The first-order chi connectivity index (χ1) is 8.08. The largest absolute Gasteiger partial charge is 0.468 e. The number of furan rings is 1. The molecule has 0 bridgehead atoms. The molecule has 0 spiro atoms. The first-order valence-corrected chi connectivity index (χ1v) is 6.16. The van der Waals surface area contributed by atoms with E-state index in [-0.39, 0.29) is 11.9 Å². The smallest absolute Gasteiger partial charge is 0.137 e. The lowest BCUT2D eigenvalue weighted by Gasteiger charge is -2.08. The molecule has 0 saturated heterocycles. The van der Waals surface area contributed by atoms with Crippen molar-refractivity contribution in [2.45, 2.75) is 29.7 Å². The summed E-state index contributed by atoms with van der Waals surface area (Å²) in [7, 11) is 0. The van der Waals surface area contributed by atoms with E-state index in [1.807, 2.05) is 26.0 Å². The van der Waals surface area contributed by atoms with E-state index in [1.54, 1.807) is 12.3 Å². The maximum absolute atomic E-state index is 13.8. The molecule has 0 aliphatic rings. The summed E-state index contributed by atoms with van der Waals surface area (Å²) >= 11 is 1.36. The Hall–Kier alpha value is -1.26. The number of hydrogen-bond donors (Lipinski definition) is 1. The quantitative estimate of drug-likeness (QED) is 0.899. The highest BCUT2D eigenvalue weighted by Gasteiger charge is 2.10. The highest BCUT2D eigenvalue weighted by molar-refractivity contribution is 7.99. The summed E-state index contributed by atoms with van der Waals surface area (Å²) in [6.45, 7) is 3.69. The lowest BCUT2D eigenvalue weighted by molar-refractivity contribution is 0.526. The van der Waals surface area contributed by atoms with E-state index in [4.69, 9.17) is 10.2 Å². The maximum atomic E-state index is 13.8. The second kappa shape index (κ2) is 4.94. The number of hydrogen-bond acceptors (Lipinski definition) is 3. The van der Waals surface area contributed by atoms with Crippen LogP contribution in [-0.4, -0.2) is 0 Å². The standard InChI is InChI=1S/C13H14FNOS/c1-8(15)10-3-4-13(11(14)7-10)17-12-5-6-16-9(12)2/h3-8H,15H2,1-2H3. The zero-order valence-corrected chi connectivity index (χ0v) is 10.6. The zero-order chi connectivity index (χ0) is 12.4. The number of rotatable bonds is 3. The fourth-order valence-electron chi connectivity index (χ4n) is 1.48. The molecule has 0 aliphatic heterocycles. The second-order valence-electron chi connectivity index (χ2n) is 3.92. The number of aryl methyl sites for hydroxylation is 1. The third-order valence-electron chi connectivity index (χ3n) is 2.51. The van der Waals surface area contributed by atoms with E-state index in [9.17, 15) is 4.39 Å². The van der Waals surface area contributed by atoms with Crippen LogP contribution in [0.2, 0.25) is 0 Å². The first-order valence-electron chi connectivity index (χ1n) is 5.35. The van der Waals surface area contributed by atoms with Crippen LogP contribution in [0.15, 0.2) is 44.7 Å². The van der Waals surface area contributed by atoms with Gasteiger partial charge in [-0.2, -0.15) is 0 Å². The van der Waals surface area contributed by atoms with Crippen LogP contribution in [0.25, 0.3) is 0 Å². The monoisotopic (exact) mass is 251 g/mol. The summed E-state index contributed by atoms with van der Waals surface area (Å²) in [4.78, 5) is 1.51. The normalized spacial score (nSPS) is 12.7. The maximum Gasteiger partial charge on any atom is 0.137 e. The van der Waals surface area contributed by atoms with E-state index in [2.05, 4.69) is 0 Å². The average molecular weight is 251 g/mol. The van der Waals surface area contributed by atoms with Crippen LogP contribution in [-0.2, 0) is 0 Å². The minimum absolute atomic E-state index is 0.154. The van der Waals surface area contributed by atoms with Gasteiger partial charge in [-0.3, -0.25) is 0 Å². The Morgan fingerprint density at radius 2 is 2.06 bits per heavy atom. The lowest BCUT2D eigenvalue weighted by atomic mass is 10.1. The van der Waals surface area contributed by atoms with Gasteiger partial charge in [0.25, 0.3) is 0 Å². The molecule has 4 heteroatoms. The van der Waals surface area contributed by atoms with Crippen molar-refractivity contribution in [1.82, 2.24) is 0 Å². The molecule has 2 N–H and O–H groups in total. The Balaban J connectivity index is 2.26. The molecule has 0 radical (unpaired) electrons. The molecule has 1 aromatic heterocycles. The summed E-state index contributed by atoms with van der Waals surface area (Å²) in [5.74, 6) is 0.552. The van der Waals surface area contributed by atoms with Crippen molar-refractivity contribution in [3.8, 4) is 0 Å². The zero-order valence-electron chi connectivity index (χ0n) is 9.74. The Kier molecular flexibility index (Phi) is 3.54. The molecule has 17 heavy (non-hydrogen) atoms. The van der Waals surface area contributed by atoms with Gasteiger partial charge in [-0.1, -0.05) is 17.8 Å². The molecule has 0 saturated carbocycles. The van der Waals surface area contributed by atoms with Gasteiger partial charge in [0, 0.05) is 10.9 Å². The van der Waals surface area contributed by atoms with Gasteiger partial charge >= 0.3 is 0 Å². The highest BCUT2D eigenvalue weighted by atomic mass is 32.2. The predicted molar refractivity (Wildman–Crippen MR) is 66.6 cm³/mol. The molecule has 2 nitrogen and oxygen atoms in total. The van der Waals surface area contributed by atoms with Crippen molar-refractivity contribution in [3.05, 3.63) is 47.7 Å². The third-order valence-corrected chi connectivity index (χ3v) is 3.71. The lowest BCUT2D eigenvalue weighted by Crippen LogP contribution is -2.05. The number of nitrogens with two attached hydrogens (primary N) is 1. The minimum Gasteiger partial charge on any atom is -0.468 e. The molecule has 90 valence electrons. The Labute approximate surface area is 104 Å². The molecule has 2 aromatic rings. The van der Waals surface area contributed by atoms with Gasteiger partial charge in [-0.15, -0.1) is 0 Å². The molecule has 1 aromatic carbocycles. The molecular weight excluding hydrogens is 237 g/mol. The Bertz CT molecular complexity index is 522. The van der Waals surface area contributed by atoms with Gasteiger partial charge in [0.05, 0.1) is 11.2 Å². The first kappa shape index (κ1) is 12.2. The van der Waals surface area contributed by atoms with Crippen molar-refractivity contribution in [2.75, 3.05) is 0 Å². The summed E-state index contributed by atoms with van der Waals surface area (Å²) in [6.07, 6.45) is 1.60. The fourth-order valence-corrected chi connectivity index (χ4v) is 2.33. The van der Waals surface area contributed by atoms with Crippen molar-refractivity contribution >= 4 is 11.8 Å². The highest BCUT2D eigenvalue weighted by Crippen LogP contribution is 2.33. The molecule has 0 aliphatic carbocycles. The van der Waals surface area contributed by atoms with Crippen LogP contribution in [0.4, 0.5) is 4.39 Å². The Morgan fingerprint density at radius 1 is 1.29 bits per heavy atom. The topological polar surface area (TPSA) is 39.2 Å². The van der Waals surface area contributed by atoms with Crippen molar-refractivity contribution in [2.24, 2.45) is 5.73 Å². The van der Waals surface area contributed by atoms with E-state index < -0.39 is 0 Å². The molecule has 1 atom stereocenters. The SMILES string of the molecule is Cc1occc1Sc1ccc(C(C)N)cc1F. The van der Waals surface area contributed by atoms with Gasteiger partial charge in [0.2, 0.25) is 0 Å². The molecular formula is C13H14FNOS. The number of benzene rings is 1. The van der Waals surface area contributed by atoms with Crippen LogP contribution < -0.4 is 5.73 Å². The number of halogens is 1. The summed E-state index contributed by atoms with van der Waals surface area (Å²) in [6, 6.07) is 6.78. The van der Waals surface area contributed by atoms with Crippen molar-refractivity contribution in [3.63, 3.8) is 0 Å². The fraction of sp³-hybridized carbons (Fsp3) is 0.231. The summed E-state index contributed by atoms with van der Waals surface area (Å²) in [5, 5.41) is 0. The molecule has 1 unspecified atom stereocenters. The second-order valence-corrected chi connectivity index (χ2v) is 5.01. The molecule has 1 heterocycles.